The Kier molecular flexibility index (Phi) is 3.63. The number of rotatable bonds is 4. The third-order valence-corrected chi connectivity index (χ3v) is 2.54. The largest absolute Gasteiger partial charge is 0.478 e. The highest BCUT2D eigenvalue weighted by molar-refractivity contribution is 5.94. The van der Waals surface area contributed by atoms with Crippen LogP contribution in [0.3, 0.4) is 0 Å². The van der Waals surface area contributed by atoms with Gasteiger partial charge in [0.15, 0.2) is 0 Å². The minimum absolute atomic E-state index is 0.00976. The molecule has 0 saturated heterocycles. The van der Waals surface area contributed by atoms with Crippen molar-refractivity contribution < 1.29 is 24.0 Å². The smallest absolute Gasteiger partial charge is 0.356 e. The zero-order chi connectivity index (χ0) is 13.8. The summed E-state index contributed by atoms with van der Waals surface area (Å²) >= 11 is 0. The van der Waals surface area contributed by atoms with Crippen LogP contribution in [0.1, 0.15) is 32.0 Å². The van der Waals surface area contributed by atoms with Crippen LogP contribution < -0.4 is 5.90 Å². The Bertz CT molecular complexity index is 604. The van der Waals surface area contributed by atoms with Crippen molar-refractivity contribution >= 4 is 11.9 Å². The lowest BCUT2D eigenvalue weighted by Gasteiger charge is -2.05. The van der Waals surface area contributed by atoms with E-state index >= 15 is 0 Å². The predicted molar refractivity (Wildman–Crippen MR) is 64.5 cm³/mol. The van der Waals surface area contributed by atoms with Gasteiger partial charge in [0.2, 0.25) is 0 Å². The number of aromatic carboxylic acids is 1. The summed E-state index contributed by atoms with van der Waals surface area (Å²) in [4.78, 5) is 26.5. The molecule has 3 N–H and O–H groups in total. The molecule has 0 fully saturated rings. The van der Waals surface area contributed by atoms with E-state index in [1.165, 1.54) is 24.5 Å². The number of carboxylic acids is 1. The molecule has 1 aromatic carbocycles. The number of carbonyl (C=O) groups excluding carboxylic acids is 1. The second kappa shape index (κ2) is 5.36. The van der Waals surface area contributed by atoms with Crippen LogP contribution in [0, 0.1) is 0 Å². The van der Waals surface area contributed by atoms with Gasteiger partial charge in [-0.25, -0.2) is 9.59 Å². The summed E-state index contributed by atoms with van der Waals surface area (Å²) in [6, 6.07) is 7.69. The standard InChI is InChI=1S/C13H11NO5/c14-19-13(17)10-5-8(4-9(7-10)12(15)16)6-11-2-1-3-18-11/h1-5,7H,6,14H2,(H,15,16). The second-order valence-corrected chi connectivity index (χ2v) is 3.89. The SMILES string of the molecule is NOC(=O)c1cc(Cc2ccco2)cc(C(=O)O)c1. The van der Waals surface area contributed by atoms with Crippen LogP contribution in [-0.2, 0) is 11.3 Å². The molecular formula is C13H11NO5. The van der Waals surface area contributed by atoms with E-state index in [4.69, 9.17) is 15.4 Å². The zero-order valence-electron chi connectivity index (χ0n) is 9.83. The molecule has 6 nitrogen and oxygen atoms in total. The fraction of sp³-hybridized carbons (Fsp3) is 0.0769. The normalized spacial score (nSPS) is 10.2. The van der Waals surface area contributed by atoms with E-state index in [2.05, 4.69) is 4.84 Å². The summed E-state index contributed by atoms with van der Waals surface area (Å²) in [5.74, 6) is 3.54. The first-order valence-corrected chi connectivity index (χ1v) is 5.41. The van der Waals surface area contributed by atoms with Crippen LogP contribution in [0.15, 0.2) is 41.0 Å². The highest BCUT2D eigenvalue weighted by atomic mass is 16.7. The van der Waals surface area contributed by atoms with Crippen LogP contribution in [0.2, 0.25) is 0 Å². The Hall–Kier alpha value is -2.60. The molecule has 0 aliphatic rings. The molecule has 0 bridgehead atoms. The van der Waals surface area contributed by atoms with Crippen molar-refractivity contribution in [2.75, 3.05) is 0 Å². The van der Waals surface area contributed by atoms with Crippen LogP contribution >= 0.6 is 0 Å². The maximum Gasteiger partial charge on any atom is 0.356 e. The third-order valence-electron chi connectivity index (χ3n) is 2.54. The van der Waals surface area contributed by atoms with Gasteiger partial charge < -0.3 is 14.4 Å². The molecule has 19 heavy (non-hydrogen) atoms. The first kappa shape index (κ1) is 12.8. The van der Waals surface area contributed by atoms with Crippen LogP contribution in [-0.4, -0.2) is 17.0 Å². The van der Waals surface area contributed by atoms with E-state index < -0.39 is 11.9 Å². The van der Waals surface area contributed by atoms with Crippen LogP contribution in [0.5, 0.6) is 0 Å². The molecule has 0 aliphatic carbocycles. The predicted octanol–water partition coefficient (Wildman–Crippen LogP) is 1.60. The molecule has 2 aromatic rings. The van der Waals surface area contributed by atoms with Gasteiger partial charge in [0, 0.05) is 6.42 Å². The maximum absolute atomic E-state index is 11.4. The van der Waals surface area contributed by atoms with Gasteiger partial charge in [0.05, 0.1) is 17.4 Å². The van der Waals surface area contributed by atoms with Crippen molar-refractivity contribution in [3.8, 4) is 0 Å². The first-order chi connectivity index (χ1) is 9.10. The molecule has 0 saturated carbocycles. The Morgan fingerprint density at radius 2 is 2.00 bits per heavy atom. The fourth-order valence-electron chi connectivity index (χ4n) is 1.72. The number of carbonyl (C=O) groups is 2. The summed E-state index contributed by atoms with van der Waals surface area (Å²) in [5.41, 5.74) is 0.698. The van der Waals surface area contributed by atoms with E-state index in [0.29, 0.717) is 17.7 Å². The quantitative estimate of drug-likeness (QED) is 0.810. The van der Waals surface area contributed by atoms with E-state index in [-0.39, 0.29) is 11.1 Å². The number of furan rings is 1. The van der Waals surface area contributed by atoms with Gasteiger partial charge in [0.1, 0.15) is 5.76 Å². The van der Waals surface area contributed by atoms with Crippen molar-refractivity contribution in [3.63, 3.8) is 0 Å². The van der Waals surface area contributed by atoms with Crippen molar-refractivity contribution in [2.45, 2.75) is 6.42 Å². The number of hydrogen-bond donors (Lipinski definition) is 2. The van der Waals surface area contributed by atoms with Gasteiger partial charge in [-0.3, -0.25) is 0 Å². The number of hydrogen-bond acceptors (Lipinski definition) is 5. The van der Waals surface area contributed by atoms with Gasteiger partial charge in [0.25, 0.3) is 0 Å². The fourth-order valence-corrected chi connectivity index (χ4v) is 1.72. The molecule has 0 radical (unpaired) electrons. The summed E-state index contributed by atoms with van der Waals surface area (Å²) in [5, 5.41) is 9.01. The van der Waals surface area contributed by atoms with E-state index in [9.17, 15) is 9.59 Å². The molecule has 1 aromatic heterocycles. The van der Waals surface area contributed by atoms with Gasteiger partial charge >= 0.3 is 11.9 Å². The van der Waals surface area contributed by atoms with Crippen molar-refractivity contribution in [1.29, 1.82) is 0 Å². The molecule has 0 atom stereocenters. The highest BCUT2D eigenvalue weighted by Gasteiger charge is 2.13. The minimum Gasteiger partial charge on any atom is -0.478 e. The van der Waals surface area contributed by atoms with Crippen LogP contribution in [0.25, 0.3) is 0 Å². The number of nitrogens with two attached hydrogens (primary N) is 1. The summed E-state index contributed by atoms with van der Waals surface area (Å²) in [6.07, 6.45) is 1.89. The average molecular weight is 261 g/mol. The Balaban J connectivity index is 2.39. The molecule has 0 aliphatic heterocycles. The van der Waals surface area contributed by atoms with E-state index in [1.54, 1.807) is 12.1 Å². The summed E-state index contributed by atoms with van der Waals surface area (Å²) < 4.78 is 5.18. The molecule has 0 amide bonds. The highest BCUT2D eigenvalue weighted by Crippen LogP contribution is 2.16. The minimum atomic E-state index is -1.13. The van der Waals surface area contributed by atoms with Gasteiger partial charge in [-0.15, -0.1) is 0 Å². The molecule has 2 rings (SSSR count). The average Bonchev–Trinajstić information content (AvgIpc) is 2.90. The second-order valence-electron chi connectivity index (χ2n) is 3.89. The van der Waals surface area contributed by atoms with Gasteiger partial charge in [-0.05, 0) is 35.9 Å². The molecular weight excluding hydrogens is 250 g/mol. The number of benzene rings is 1. The zero-order valence-corrected chi connectivity index (χ0v) is 9.83. The van der Waals surface area contributed by atoms with Crippen molar-refractivity contribution in [2.24, 2.45) is 5.90 Å². The lowest BCUT2D eigenvalue weighted by Crippen LogP contribution is -2.12. The van der Waals surface area contributed by atoms with E-state index in [0.717, 1.165) is 0 Å². The topological polar surface area (TPSA) is 103 Å². The molecule has 6 heteroatoms. The Morgan fingerprint density at radius 1 is 1.26 bits per heavy atom. The van der Waals surface area contributed by atoms with Crippen molar-refractivity contribution in [1.82, 2.24) is 0 Å². The van der Waals surface area contributed by atoms with Gasteiger partial charge in [-0.2, -0.15) is 5.90 Å². The molecule has 98 valence electrons. The summed E-state index contributed by atoms with van der Waals surface area (Å²) in [7, 11) is 0. The molecule has 0 spiro atoms. The van der Waals surface area contributed by atoms with E-state index in [1.807, 2.05) is 0 Å². The molecule has 1 heterocycles. The summed E-state index contributed by atoms with van der Waals surface area (Å²) in [6.45, 7) is 0. The van der Waals surface area contributed by atoms with Crippen LogP contribution in [0.4, 0.5) is 0 Å². The Morgan fingerprint density at radius 3 is 2.58 bits per heavy atom. The van der Waals surface area contributed by atoms with Gasteiger partial charge in [-0.1, -0.05) is 0 Å². The van der Waals surface area contributed by atoms with Crippen molar-refractivity contribution in [3.05, 3.63) is 59.0 Å². The monoisotopic (exact) mass is 261 g/mol. The lowest BCUT2D eigenvalue weighted by atomic mass is 10.0. The maximum atomic E-state index is 11.4. The first-order valence-electron chi connectivity index (χ1n) is 5.41. The number of carboxylic acid groups (broad SMARTS) is 1. The molecule has 0 unspecified atom stereocenters. The lowest BCUT2D eigenvalue weighted by molar-refractivity contribution is 0.0503. The Labute approximate surface area is 108 Å². The third kappa shape index (κ3) is 2.99.